The monoisotopic (exact) mass is 749 g/mol. The number of carbonyl (C=O) groups is 4. The maximum Gasteiger partial charge on any atom is 0.260 e. The topological polar surface area (TPSA) is 116 Å². The molecule has 7 rings (SSSR count). The van der Waals surface area contributed by atoms with E-state index in [0.29, 0.717) is 31.9 Å². The van der Waals surface area contributed by atoms with Gasteiger partial charge in [0.15, 0.2) is 11.5 Å². The SMILES string of the molecule is COc1cc(Br)cc(C2C3=CCC4C(=O)N(C(C)(C)C)C(=O)C4C3CC3C(=O)N(Nc4ccc(F)cc4)C(=O)C32c2ccc(Cl)cc2)c1O. The molecule has 9 nitrogen and oxygen atoms in total. The van der Waals surface area contributed by atoms with Gasteiger partial charge in [0, 0.05) is 26.5 Å². The van der Waals surface area contributed by atoms with Crippen LogP contribution < -0.4 is 10.2 Å². The van der Waals surface area contributed by atoms with E-state index in [9.17, 15) is 23.9 Å². The molecule has 0 radical (unpaired) electrons. The average Bonchev–Trinajstić information content (AvgIpc) is 3.44. The largest absolute Gasteiger partial charge is 0.504 e. The van der Waals surface area contributed by atoms with Crippen LogP contribution in [-0.4, -0.2) is 51.3 Å². The van der Waals surface area contributed by atoms with Gasteiger partial charge in [-0.2, -0.15) is 5.01 Å². The van der Waals surface area contributed by atoms with Crippen molar-refractivity contribution in [3.8, 4) is 11.5 Å². The normalized spacial score (nSPS) is 27.9. The summed E-state index contributed by atoms with van der Waals surface area (Å²) < 4.78 is 19.9. The Hall–Kier alpha value is -4.22. The number of phenolic OH excluding ortho intramolecular Hbond substituents is 1. The highest BCUT2D eigenvalue weighted by atomic mass is 79.9. The lowest BCUT2D eigenvalue weighted by molar-refractivity contribution is -0.146. The van der Waals surface area contributed by atoms with Gasteiger partial charge in [-0.1, -0.05) is 51.3 Å². The summed E-state index contributed by atoms with van der Waals surface area (Å²) in [4.78, 5) is 59.3. The minimum atomic E-state index is -1.64. The molecule has 0 aromatic heterocycles. The summed E-state index contributed by atoms with van der Waals surface area (Å²) >= 11 is 9.88. The highest BCUT2D eigenvalue weighted by Crippen LogP contribution is 2.65. The molecular weight excluding hydrogens is 717 g/mol. The van der Waals surface area contributed by atoms with Crippen LogP contribution >= 0.6 is 27.5 Å². The predicted molar refractivity (Wildman–Crippen MR) is 183 cm³/mol. The number of phenols is 1. The number of halogens is 3. The first kappa shape index (κ1) is 33.3. The van der Waals surface area contributed by atoms with Crippen molar-refractivity contribution in [1.29, 1.82) is 0 Å². The van der Waals surface area contributed by atoms with Crippen LogP contribution in [0, 0.1) is 29.5 Å². The number of likely N-dealkylation sites (tertiary alicyclic amines) is 1. The highest BCUT2D eigenvalue weighted by Gasteiger charge is 2.71. The number of rotatable bonds is 5. The fourth-order valence-corrected chi connectivity index (χ4v) is 9.21. The van der Waals surface area contributed by atoms with E-state index in [1.165, 1.54) is 36.3 Å². The van der Waals surface area contributed by atoms with Gasteiger partial charge in [0.05, 0.1) is 36.0 Å². The number of hydrazine groups is 1. The van der Waals surface area contributed by atoms with Crippen LogP contribution in [0.2, 0.25) is 5.02 Å². The molecule has 6 unspecified atom stereocenters. The molecule has 2 aliphatic heterocycles. The van der Waals surface area contributed by atoms with Crippen LogP contribution in [0.1, 0.15) is 50.7 Å². The molecular formula is C37H34BrClFN3O6. The number of nitrogens with zero attached hydrogens (tertiary/aromatic N) is 2. The standard InChI is InChI=1S/C37H34BrClFN3O6/c1-36(2,3)42-32(45)24-14-13-23-25(29(24)34(42)47)17-27-33(46)43(41-22-11-9-21(40)10-12-22)35(48)37(27,18-5-7-20(39)8-6-18)30(23)26-15-19(38)16-28(49-4)31(26)44/h5-13,15-16,24-25,27,29-30,41,44H,14,17H2,1-4H3. The Morgan fingerprint density at radius 1 is 0.980 bits per heavy atom. The van der Waals surface area contributed by atoms with Gasteiger partial charge in [0.25, 0.3) is 11.8 Å². The summed E-state index contributed by atoms with van der Waals surface area (Å²) in [5.74, 6) is -6.31. The molecule has 3 aromatic rings. The molecule has 4 aliphatic rings. The number of aromatic hydroxyl groups is 1. The van der Waals surface area contributed by atoms with Crippen molar-refractivity contribution in [2.24, 2.45) is 23.7 Å². The lowest BCUT2D eigenvalue weighted by Crippen LogP contribution is -2.53. The zero-order valence-electron chi connectivity index (χ0n) is 27.2. The number of amides is 4. The van der Waals surface area contributed by atoms with Gasteiger partial charge in [-0.15, -0.1) is 0 Å². The molecule has 2 aliphatic carbocycles. The number of ether oxygens (including phenoxy) is 1. The number of hydrogen-bond acceptors (Lipinski definition) is 7. The first-order chi connectivity index (χ1) is 23.2. The van der Waals surface area contributed by atoms with Gasteiger partial charge in [-0.3, -0.25) is 29.5 Å². The molecule has 3 fully saturated rings. The lowest BCUT2D eigenvalue weighted by Gasteiger charge is -2.50. The smallest absolute Gasteiger partial charge is 0.260 e. The zero-order chi connectivity index (χ0) is 35.2. The Balaban J connectivity index is 1.50. The van der Waals surface area contributed by atoms with Gasteiger partial charge < -0.3 is 9.84 Å². The van der Waals surface area contributed by atoms with Crippen molar-refractivity contribution in [3.63, 3.8) is 0 Å². The molecule has 6 atom stereocenters. The Bertz CT molecular complexity index is 1940. The van der Waals surface area contributed by atoms with E-state index in [4.69, 9.17) is 16.3 Å². The Morgan fingerprint density at radius 3 is 2.29 bits per heavy atom. The summed E-state index contributed by atoms with van der Waals surface area (Å²) in [6.45, 7) is 5.44. The van der Waals surface area contributed by atoms with Crippen LogP contribution in [0.15, 0.2) is 76.8 Å². The first-order valence-corrected chi connectivity index (χ1v) is 17.2. The van der Waals surface area contributed by atoms with Gasteiger partial charge in [-0.05, 0) is 93.6 Å². The number of fused-ring (bicyclic) bond motifs is 4. The van der Waals surface area contributed by atoms with E-state index < -0.39 is 58.2 Å². The molecule has 254 valence electrons. The molecule has 0 bridgehead atoms. The van der Waals surface area contributed by atoms with E-state index in [2.05, 4.69) is 21.4 Å². The molecule has 12 heteroatoms. The number of benzene rings is 3. The van der Waals surface area contributed by atoms with Gasteiger partial charge in [-0.25, -0.2) is 4.39 Å². The molecule has 2 N–H and O–H groups in total. The maximum absolute atomic E-state index is 15.2. The van der Waals surface area contributed by atoms with Crippen LogP contribution in [0.3, 0.4) is 0 Å². The third kappa shape index (κ3) is 4.91. The summed E-state index contributed by atoms with van der Waals surface area (Å²) in [5.41, 5.74) is 2.31. The number of carbonyl (C=O) groups excluding carboxylic acids is 4. The summed E-state index contributed by atoms with van der Waals surface area (Å²) in [6, 6.07) is 15.3. The number of hydrogen-bond donors (Lipinski definition) is 2. The summed E-state index contributed by atoms with van der Waals surface area (Å²) in [5, 5.41) is 13.2. The average molecular weight is 751 g/mol. The van der Waals surface area contributed by atoms with Crippen molar-refractivity contribution in [2.75, 3.05) is 12.5 Å². The van der Waals surface area contributed by atoms with E-state index in [0.717, 1.165) is 5.01 Å². The fraction of sp³-hybridized carbons (Fsp3) is 0.351. The minimum Gasteiger partial charge on any atom is -0.504 e. The zero-order valence-corrected chi connectivity index (χ0v) is 29.5. The van der Waals surface area contributed by atoms with Crippen molar-refractivity contribution < 1.29 is 33.4 Å². The van der Waals surface area contributed by atoms with E-state index in [-0.39, 0.29) is 36.2 Å². The van der Waals surface area contributed by atoms with E-state index in [1.807, 2.05) is 26.8 Å². The van der Waals surface area contributed by atoms with Crippen LogP contribution in [0.4, 0.5) is 10.1 Å². The predicted octanol–water partition coefficient (Wildman–Crippen LogP) is 6.74. The second-order valence-electron chi connectivity index (χ2n) is 14.1. The molecule has 1 saturated carbocycles. The quantitative estimate of drug-likeness (QED) is 0.219. The van der Waals surface area contributed by atoms with Crippen molar-refractivity contribution in [3.05, 3.63) is 98.8 Å². The molecule has 3 aromatic carbocycles. The minimum absolute atomic E-state index is 0.0845. The second kappa shape index (κ2) is 11.7. The number of allylic oxidation sites excluding steroid dienone is 2. The molecule has 49 heavy (non-hydrogen) atoms. The van der Waals surface area contributed by atoms with Crippen LogP contribution in [-0.2, 0) is 24.6 Å². The number of imide groups is 2. The fourth-order valence-electron chi connectivity index (χ4n) is 8.63. The Labute approximate surface area is 296 Å². The van der Waals surface area contributed by atoms with Crippen LogP contribution in [0.25, 0.3) is 0 Å². The van der Waals surface area contributed by atoms with Gasteiger partial charge in [0.2, 0.25) is 11.8 Å². The molecule has 2 saturated heterocycles. The highest BCUT2D eigenvalue weighted by molar-refractivity contribution is 9.10. The third-order valence-corrected chi connectivity index (χ3v) is 11.2. The Morgan fingerprint density at radius 2 is 1.65 bits per heavy atom. The maximum atomic E-state index is 15.2. The lowest BCUT2D eigenvalue weighted by atomic mass is 9.49. The first-order valence-electron chi connectivity index (χ1n) is 16.0. The van der Waals surface area contributed by atoms with Gasteiger partial charge in [0.1, 0.15) is 5.82 Å². The van der Waals surface area contributed by atoms with Crippen LogP contribution in [0.5, 0.6) is 11.5 Å². The third-order valence-electron chi connectivity index (χ3n) is 10.5. The van der Waals surface area contributed by atoms with Crippen molar-refractivity contribution in [1.82, 2.24) is 9.91 Å². The summed E-state index contributed by atoms with van der Waals surface area (Å²) in [6.07, 6.45) is 2.25. The van der Waals surface area contributed by atoms with Crippen molar-refractivity contribution >= 4 is 56.8 Å². The van der Waals surface area contributed by atoms with E-state index >= 15 is 4.79 Å². The second-order valence-corrected chi connectivity index (χ2v) is 15.5. The molecule has 4 amide bonds. The van der Waals surface area contributed by atoms with E-state index in [1.54, 1.807) is 36.4 Å². The van der Waals surface area contributed by atoms with Gasteiger partial charge >= 0.3 is 0 Å². The summed E-state index contributed by atoms with van der Waals surface area (Å²) in [7, 11) is 1.42. The number of anilines is 1. The van der Waals surface area contributed by atoms with Crippen molar-refractivity contribution in [2.45, 2.75) is 50.5 Å². The Kier molecular flexibility index (Phi) is 7.94. The number of methoxy groups -OCH3 is 1. The molecule has 2 heterocycles. The number of nitrogens with one attached hydrogen (secondary N) is 1. The molecule has 0 spiro atoms.